The summed E-state index contributed by atoms with van der Waals surface area (Å²) in [4.78, 5) is 12.2. The minimum Gasteiger partial charge on any atom is -0.490 e. The van der Waals surface area contributed by atoms with Crippen molar-refractivity contribution in [3.05, 3.63) is 103 Å². The Morgan fingerprint density at radius 3 is 2.25 bits per heavy atom. The molecule has 6 nitrogen and oxygen atoms in total. The van der Waals surface area contributed by atoms with Crippen LogP contribution in [0, 0.1) is 0 Å². The third-order valence-electron chi connectivity index (χ3n) is 4.39. The van der Waals surface area contributed by atoms with Crippen molar-refractivity contribution in [3.63, 3.8) is 0 Å². The van der Waals surface area contributed by atoms with Gasteiger partial charge in [-0.15, -0.1) is 0 Å². The molecule has 3 rings (SSSR count). The van der Waals surface area contributed by atoms with Gasteiger partial charge in [0.2, 0.25) is 0 Å². The highest BCUT2D eigenvalue weighted by atomic mass is 16.5. The van der Waals surface area contributed by atoms with Gasteiger partial charge < -0.3 is 14.2 Å². The second kappa shape index (κ2) is 12.0. The zero-order chi connectivity index (χ0) is 22.6. The summed E-state index contributed by atoms with van der Waals surface area (Å²) in [6.07, 6.45) is 2.53. The molecule has 0 saturated heterocycles. The Labute approximate surface area is 188 Å². The summed E-state index contributed by atoms with van der Waals surface area (Å²) in [5.41, 5.74) is 4.41. The highest BCUT2D eigenvalue weighted by Crippen LogP contribution is 2.19. The Balaban J connectivity index is 1.43. The molecule has 0 aromatic heterocycles. The largest absolute Gasteiger partial charge is 0.490 e. The lowest BCUT2D eigenvalue weighted by Crippen LogP contribution is -2.33. The molecule has 0 radical (unpaired) electrons. The minimum absolute atomic E-state index is 0.350. The summed E-state index contributed by atoms with van der Waals surface area (Å²) in [5, 5.41) is 3.98. The van der Waals surface area contributed by atoms with Crippen molar-refractivity contribution in [2.75, 3.05) is 6.61 Å². The van der Waals surface area contributed by atoms with Crippen LogP contribution in [0.15, 0.2) is 96.6 Å². The topological polar surface area (TPSA) is 69.2 Å². The van der Waals surface area contributed by atoms with Crippen LogP contribution in [0.1, 0.15) is 18.1 Å². The van der Waals surface area contributed by atoms with Crippen LogP contribution < -0.4 is 19.6 Å². The molecule has 1 atom stereocenters. The molecule has 0 aliphatic carbocycles. The fourth-order valence-corrected chi connectivity index (χ4v) is 2.68. The number of hydrogen-bond donors (Lipinski definition) is 1. The van der Waals surface area contributed by atoms with E-state index in [-0.39, 0.29) is 5.91 Å². The molecule has 0 fully saturated rings. The number of amides is 1. The molecule has 6 heteroatoms. The van der Waals surface area contributed by atoms with Crippen molar-refractivity contribution in [2.45, 2.75) is 19.6 Å². The summed E-state index contributed by atoms with van der Waals surface area (Å²) in [6.45, 7) is 6.21. The summed E-state index contributed by atoms with van der Waals surface area (Å²) in [5.74, 6) is 1.68. The Morgan fingerprint density at radius 2 is 1.56 bits per heavy atom. The van der Waals surface area contributed by atoms with E-state index in [4.69, 9.17) is 14.2 Å². The molecule has 0 bridgehead atoms. The Hall–Kier alpha value is -4.06. The van der Waals surface area contributed by atoms with Crippen LogP contribution in [0.4, 0.5) is 0 Å². The lowest BCUT2D eigenvalue weighted by Gasteiger charge is -2.13. The summed E-state index contributed by atoms with van der Waals surface area (Å²) in [7, 11) is 0. The zero-order valence-electron chi connectivity index (χ0n) is 17.9. The number of ether oxygens (including phenoxy) is 3. The van der Waals surface area contributed by atoms with Gasteiger partial charge in [-0.1, -0.05) is 43.0 Å². The summed E-state index contributed by atoms with van der Waals surface area (Å²) >= 11 is 0. The van der Waals surface area contributed by atoms with Crippen molar-refractivity contribution in [3.8, 4) is 17.2 Å². The second-order valence-corrected chi connectivity index (χ2v) is 6.91. The number of rotatable bonds is 11. The summed E-state index contributed by atoms with van der Waals surface area (Å²) < 4.78 is 16.9. The molecule has 164 valence electrons. The smallest absolute Gasteiger partial charge is 0.280 e. The molecule has 32 heavy (non-hydrogen) atoms. The molecule has 1 amide bonds. The monoisotopic (exact) mass is 430 g/mol. The number of carbonyl (C=O) groups excluding carboxylic acids is 1. The Morgan fingerprint density at radius 1 is 0.938 bits per heavy atom. The molecular formula is C26H26N2O4. The van der Waals surface area contributed by atoms with Crippen LogP contribution in [0.25, 0.3) is 0 Å². The van der Waals surface area contributed by atoms with Crippen molar-refractivity contribution >= 4 is 12.1 Å². The van der Waals surface area contributed by atoms with E-state index in [1.54, 1.807) is 31.3 Å². The number of carbonyl (C=O) groups is 1. The van der Waals surface area contributed by atoms with Gasteiger partial charge in [-0.2, -0.15) is 5.10 Å². The molecule has 0 unspecified atom stereocenters. The van der Waals surface area contributed by atoms with Gasteiger partial charge in [0.05, 0.1) is 6.21 Å². The SMILES string of the molecule is C=CCOc1ccc(/C=N\NC(=O)[C@@H](C)Oc2ccc(OCc3ccccc3)cc2)cc1. The van der Waals surface area contributed by atoms with E-state index in [0.29, 0.717) is 19.0 Å². The maximum Gasteiger partial charge on any atom is 0.280 e. The first-order chi connectivity index (χ1) is 15.6. The lowest BCUT2D eigenvalue weighted by molar-refractivity contribution is -0.127. The maximum atomic E-state index is 12.2. The van der Waals surface area contributed by atoms with E-state index in [0.717, 1.165) is 22.6 Å². The number of nitrogens with one attached hydrogen (secondary N) is 1. The standard InChI is InChI=1S/C26H26N2O4/c1-3-17-30-23-11-9-21(10-12-23)18-27-28-26(29)20(2)32-25-15-13-24(14-16-25)31-19-22-7-5-4-6-8-22/h3-16,18,20H,1,17,19H2,2H3,(H,28,29)/b27-18-/t20-/m1/s1. The average Bonchev–Trinajstić information content (AvgIpc) is 2.83. The van der Waals surface area contributed by atoms with E-state index in [1.807, 2.05) is 66.7 Å². The van der Waals surface area contributed by atoms with Crippen LogP contribution in [0.2, 0.25) is 0 Å². The minimum atomic E-state index is -0.710. The van der Waals surface area contributed by atoms with E-state index in [9.17, 15) is 4.79 Å². The van der Waals surface area contributed by atoms with Gasteiger partial charge in [-0.05, 0) is 66.6 Å². The van der Waals surface area contributed by atoms with Gasteiger partial charge in [-0.3, -0.25) is 4.79 Å². The van der Waals surface area contributed by atoms with Gasteiger partial charge >= 0.3 is 0 Å². The third-order valence-corrected chi connectivity index (χ3v) is 4.39. The Kier molecular flexibility index (Phi) is 8.45. The van der Waals surface area contributed by atoms with Gasteiger partial charge in [-0.25, -0.2) is 5.43 Å². The quantitative estimate of drug-likeness (QED) is 0.271. The molecule has 0 spiro atoms. The van der Waals surface area contributed by atoms with Crippen LogP contribution in [0.3, 0.4) is 0 Å². The predicted molar refractivity (Wildman–Crippen MR) is 125 cm³/mol. The maximum absolute atomic E-state index is 12.2. The number of benzene rings is 3. The van der Waals surface area contributed by atoms with Crippen molar-refractivity contribution in [1.29, 1.82) is 0 Å². The first-order valence-corrected chi connectivity index (χ1v) is 10.2. The average molecular weight is 431 g/mol. The highest BCUT2D eigenvalue weighted by molar-refractivity contribution is 5.84. The molecule has 1 N–H and O–H groups in total. The molecule has 3 aromatic rings. The van der Waals surface area contributed by atoms with E-state index < -0.39 is 6.10 Å². The first-order valence-electron chi connectivity index (χ1n) is 10.2. The normalized spacial score (nSPS) is 11.5. The highest BCUT2D eigenvalue weighted by Gasteiger charge is 2.14. The fraction of sp³-hybridized carbons (Fsp3) is 0.154. The Bertz CT molecular complexity index is 1020. The number of hydrogen-bond acceptors (Lipinski definition) is 5. The van der Waals surface area contributed by atoms with Gasteiger partial charge in [0.1, 0.15) is 30.5 Å². The molecule has 0 aliphatic rings. The molecule has 0 saturated carbocycles. The van der Waals surface area contributed by atoms with Crippen molar-refractivity contribution in [2.24, 2.45) is 5.10 Å². The summed E-state index contributed by atoms with van der Waals surface area (Å²) in [6, 6.07) is 24.4. The van der Waals surface area contributed by atoms with Crippen LogP contribution in [-0.2, 0) is 11.4 Å². The fourth-order valence-electron chi connectivity index (χ4n) is 2.68. The zero-order valence-corrected chi connectivity index (χ0v) is 17.9. The third kappa shape index (κ3) is 7.32. The number of hydrazone groups is 1. The van der Waals surface area contributed by atoms with E-state index in [2.05, 4.69) is 17.1 Å². The van der Waals surface area contributed by atoms with E-state index >= 15 is 0 Å². The van der Waals surface area contributed by atoms with Crippen molar-refractivity contribution < 1.29 is 19.0 Å². The number of nitrogens with zero attached hydrogens (tertiary/aromatic N) is 1. The second-order valence-electron chi connectivity index (χ2n) is 6.91. The molecule has 0 aliphatic heterocycles. The molecule has 3 aromatic carbocycles. The van der Waals surface area contributed by atoms with Crippen molar-refractivity contribution in [1.82, 2.24) is 5.43 Å². The van der Waals surface area contributed by atoms with Crippen LogP contribution in [-0.4, -0.2) is 24.8 Å². The lowest BCUT2D eigenvalue weighted by atomic mass is 10.2. The van der Waals surface area contributed by atoms with E-state index in [1.165, 1.54) is 0 Å². The van der Waals surface area contributed by atoms with Crippen LogP contribution in [0.5, 0.6) is 17.2 Å². The van der Waals surface area contributed by atoms with Gasteiger partial charge in [0.15, 0.2) is 6.10 Å². The van der Waals surface area contributed by atoms with Crippen LogP contribution >= 0.6 is 0 Å². The molecular weight excluding hydrogens is 404 g/mol. The molecule has 0 heterocycles. The van der Waals surface area contributed by atoms with Gasteiger partial charge in [0.25, 0.3) is 5.91 Å². The van der Waals surface area contributed by atoms with Gasteiger partial charge in [0, 0.05) is 0 Å². The first kappa shape index (κ1) is 22.6. The predicted octanol–water partition coefficient (Wildman–Crippen LogP) is 4.75.